The van der Waals surface area contributed by atoms with Crippen LogP contribution in [-0.4, -0.2) is 53.0 Å². The quantitative estimate of drug-likeness (QED) is 0.236. The van der Waals surface area contributed by atoms with Crippen LogP contribution in [0.3, 0.4) is 0 Å². The van der Waals surface area contributed by atoms with Crippen molar-refractivity contribution in [1.29, 1.82) is 0 Å². The Kier molecular flexibility index (Phi) is 14.3. The number of aliphatic hydroxyl groups is 2. The third kappa shape index (κ3) is 13.5. The van der Waals surface area contributed by atoms with Crippen LogP contribution in [0.5, 0.6) is 0 Å². The molecule has 1 amide bonds. The highest BCUT2D eigenvalue weighted by atomic mass is 16.6. The number of aldehydes is 1. The minimum Gasteiger partial charge on any atom is -0.458 e. The number of nitrogens with two attached hydrogens (primary N) is 1. The average molecular weight is 490 g/mol. The summed E-state index contributed by atoms with van der Waals surface area (Å²) < 4.78 is 10.7. The van der Waals surface area contributed by atoms with Crippen LogP contribution in [0, 0.1) is 5.92 Å². The Labute approximate surface area is 207 Å². The molecule has 0 aromatic carbocycles. The smallest absolute Gasteiger partial charge is 0.404 e. The number of carbonyl (C=O) groups is 3. The Bertz CT molecular complexity index is 840. The summed E-state index contributed by atoms with van der Waals surface area (Å²) in [4.78, 5) is 34.6. The SMILES string of the molecule is C/C(C=O)=C\C(C)C1C/C(C)=C/C=C/CCC(OC(N)=O)C(O)/C=C/C(O)CCCC=CC(=O)O1. The van der Waals surface area contributed by atoms with E-state index in [9.17, 15) is 24.6 Å². The van der Waals surface area contributed by atoms with Gasteiger partial charge in [-0.2, -0.15) is 0 Å². The summed E-state index contributed by atoms with van der Waals surface area (Å²) in [5.74, 6) is -0.626. The first kappa shape index (κ1) is 30.1. The molecule has 0 radical (unpaired) electrons. The van der Waals surface area contributed by atoms with Crippen molar-refractivity contribution in [3.05, 3.63) is 59.8 Å². The van der Waals surface area contributed by atoms with Crippen molar-refractivity contribution in [2.75, 3.05) is 0 Å². The molecule has 194 valence electrons. The van der Waals surface area contributed by atoms with Crippen molar-refractivity contribution in [1.82, 2.24) is 0 Å². The van der Waals surface area contributed by atoms with Gasteiger partial charge in [0.1, 0.15) is 24.6 Å². The lowest BCUT2D eigenvalue weighted by atomic mass is 9.96. The van der Waals surface area contributed by atoms with E-state index in [1.54, 1.807) is 19.1 Å². The number of ether oxygens (including phenoxy) is 2. The first-order valence-electron chi connectivity index (χ1n) is 12.0. The predicted octanol–water partition coefficient (Wildman–Crippen LogP) is 3.83. The topological polar surface area (TPSA) is 136 Å². The fourth-order valence-electron chi connectivity index (χ4n) is 3.59. The summed E-state index contributed by atoms with van der Waals surface area (Å²) in [6.07, 6.45) is 12.9. The molecule has 1 aliphatic rings. The first-order valence-corrected chi connectivity index (χ1v) is 12.0. The molecule has 1 heterocycles. The van der Waals surface area contributed by atoms with E-state index in [4.69, 9.17) is 15.2 Å². The zero-order chi connectivity index (χ0) is 26.2. The number of rotatable bonds is 4. The number of allylic oxidation sites excluding steroid dienone is 5. The Morgan fingerprint density at radius 1 is 1.23 bits per heavy atom. The van der Waals surface area contributed by atoms with E-state index >= 15 is 0 Å². The monoisotopic (exact) mass is 489 g/mol. The molecule has 0 aliphatic carbocycles. The highest BCUT2D eigenvalue weighted by Gasteiger charge is 2.21. The van der Waals surface area contributed by atoms with Gasteiger partial charge in [0.15, 0.2) is 0 Å². The van der Waals surface area contributed by atoms with E-state index in [2.05, 4.69) is 0 Å². The molecule has 0 spiro atoms. The fraction of sp³-hybridized carbons (Fsp3) is 0.519. The number of hydrogen-bond acceptors (Lipinski definition) is 7. The van der Waals surface area contributed by atoms with Crippen molar-refractivity contribution in [3.63, 3.8) is 0 Å². The summed E-state index contributed by atoms with van der Waals surface area (Å²) >= 11 is 0. The van der Waals surface area contributed by atoms with E-state index in [1.165, 1.54) is 18.2 Å². The second-order valence-electron chi connectivity index (χ2n) is 8.84. The normalized spacial score (nSPS) is 30.1. The Hall–Kier alpha value is -2.97. The number of cyclic esters (lactones) is 1. The van der Waals surface area contributed by atoms with E-state index in [-0.39, 0.29) is 5.92 Å². The molecule has 0 saturated heterocycles. The lowest BCUT2D eigenvalue weighted by Gasteiger charge is -2.22. The second kappa shape index (κ2) is 16.6. The number of amides is 1. The number of carbonyl (C=O) groups excluding carboxylic acids is 3. The molecule has 0 saturated carbocycles. The van der Waals surface area contributed by atoms with E-state index in [1.807, 2.05) is 32.1 Å². The van der Waals surface area contributed by atoms with Crippen LogP contribution in [-0.2, 0) is 19.1 Å². The molecule has 5 unspecified atom stereocenters. The van der Waals surface area contributed by atoms with Crippen LogP contribution in [0.2, 0.25) is 0 Å². The summed E-state index contributed by atoms with van der Waals surface area (Å²) in [5.41, 5.74) is 6.68. The van der Waals surface area contributed by atoms with Gasteiger partial charge in [0.2, 0.25) is 0 Å². The van der Waals surface area contributed by atoms with E-state index in [0.717, 1.165) is 11.9 Å². The third-order valence-electron chi connectivity index (χ3n) is 5.53. The number of esters is 1. The van der Waals surface area contributed by atoms with Crippen LogP contribution in [0.1, 0.15) is 59.3 Å². The van der Waals surface area contributed by atoms with Crippen molar-refractivity contribution in [3.8, 4) is 0 Å². The Morgan fingerprint density at radius 2 is 1.97 bits per heavy atom. The summed E-state index contributed by atoms with van der Waals surface area (Å²) in [7, 11) is 0. The van der Waals surface area contributed by atoms with Crippen LogP contribution >= 0.6 is 0 Å². The maximum absolute atomic E-state index is 12.4. The molecule has 0 aromatic rings. The zero-order valence-electron chi connectivity index (χ0n) is 20.8. The minimum absolute atomic E-state index is 0.169. The Morgan fingerprint density at radius 3 is 2.66 bits per heavy atom. The molecule has 8 heteroatoms. The number of hydrogen-bond donors (Lipinski definition) is 3. The van der Waals surface area contributed by atoms with Gasteiger partial charge in [0, 0.05) is 18.4 Å². The summed E-state index contributed by atoms with van der Waals surface area (Å²) in [6.45, 7) is 5.53. The van der Waals surface area contributed by atoms with Gasteiger partial charge in [-0.05, 0) is 51.5 Å². The van der Waals surface area contributed by atoms with Gasteiger partial charge in [-0.3, -0.25) is 4.79 Å². The third-order valence-corrected chi connectivity index (χ3v) is 5.53. The molecule has 0 fully saturated rings. The molecule has 35 heavy (non-hydrogen) atoms. The fourth-order valence-corrected chi connectivity index (χ4v) is 3.59. The Balaban J connectivity index is 3.08. The standard InChI is InChI=1S/C27H39NO7/c1-19-10-6-4-8-12-24(35-27(28)33)23(31)15-14-22(30)11-7-5-9-13-26(32)34-25(17-19)21(3)16-20(2)18-29/h4,6,9-10,13-16,18,21-25,30-31H,5,7-8,11-12,17H2,1-3H3,(H2,28,33)/b6-4+,13-9?,15-14+,19-10+,20-16+. The first-order chi connectivity index (χ1) is 16.6. The molecule has 4 N–H and O–H groups in total. The lowest BCUT2D eigenvalue weighted by molar-refractivity contribution is -0.144. The molecular weight excluding hydrogens is 450 g/mol. The van der Waals surface area contributed by atoms with Gasteiger partial charge in [-0.15, -0.1) is 0 Å². The molecule has 8 nitrogen and oxygen atoms in total. The van der Waals surface area contributed by atoms with Crippen LogP contribution in [0.15, 0.2) is 59.8 Å². The van der Waals surface area contributed by atoms with Crippen molar-refractivity contribution < 1.29 is 34.1 Å². The molecule has 0 aromatic heterocycles. The van der Waals surface area contributed by atoms with Gasteiger partial charge in [-0.1, -0.05) is 55.0 Å². The minimum atomic E-state index is -1.10. The van der Waals surface area contributed by atoms with Gasteiger partial charge in [0.05, 0.1) is 6.10 Å². The van der Waals surface area contributed by atoms with Gasteiger partial charge < -0.3 is 25.4 Å². The summed E-state index contributed by atoms with van der Waals surface area (Å²) in [6, 6.07) is 0. The van der Waals surface area contributed by atoms with Crippen LogP contribution in [0.25, 0.3) is 0 Å². The van der Waals surface area contributed by atoms with Crippen molar-refractivity contribution >= 4 is 18.3 Å². The van der Waals surface area contributed by atoms with E-state index < -0.39 is 36.5 Å². The molecule has 1 aliphatic heterocycles. The molecular formula is C27H39NO7. The average Bonchev–Trinajstić information content (AvgIpc) is 2.79. The predicted molar refractivity (Wildman–Crippen MR) is 134 cm³/mol. The highest BCUT2D eigenvalue weighted by Crippen LogP contribution is 2.20. The molecule has 0 bridgehead atoms. The number of primary amides is 1. The van der Waals surface area contributed by atoms with Crippen LogP contribution in [0.4, 0.5) is 4.79 Å². The van der Waals surface area contributed by atoms with Crippen molar-refractivity contribution in [2.24, 2.45) is 11.7 Å². The molecule has 1 rings (SSSR count). The molecule has 5 atom stereocenters. The maximum atomic E-state index is 12.4. The number of aliphatic hydroxyl groups excluding tert-OH is 2. The summed E-state index contributed by atoms with van der Waals surface area (Å²) in [5, 5.41) is 20.5. The van der Waals surface area contributed by atoms with Gasteiger partial charge >= 0.3 is 12.1 Å². The zero-order valence-corrected chi connectivity index (χ0v) is 20.8. The van der Waals surface area contributed by atoms with Gasteiger partial charge in [0.25, 0.3) is 0 Å². The van der Waals surface area contributed by atoms with Gasteiger partial charge in [-0.25, -0.2) is 9.59 Å². The highest BCUT2D eigenvalue weighted by molar-refractivity contribution is 5.82. The lowest BCUT2D eigenvalue weighted by Crippen LogP contribution is -2.32. The van der Waals surface area contributed by atoms with Crippen molar-refractivity contribution in [2.45, 2.75) is 83.7 Å². The largest absolute Gasteiger partial charge is 0.458 e. The van der Waals surface area contributed by atoms with E-state index in [0.29, 0.717) is 44.1 Å². The maximum Gasteiger partial charge on any atom is 0.404 e. The second-order valence-corrected chi connectivity index (χ2v) is 8.84. The van der Waals surface area contributed by atoms with Crippen LogP contribution < -0.4 is 5.73 Å².